The second-order valence-corrected chi connectivity index (χ2v) is 6.71. The van der Waals surface area contributed by atoms with Crippen LogP contribution in [0, 0.1) is 5.82 Å². The molecule has 0 atom stereocenters. The average molecular weight is 371 g/mol. The maximum absolute atomic E-state index is 13.5. The van der Waals surface area contributed by atoms with E-state index in [4.69, 9.17) is 4.74 Å². The van der Waals surface area contributed by atoms with Crippen molar-refractivity contribution in [3.8, 4) is 11.8 Å². The van der Waals surface area contributed by atoms with Crippen molar-refractivity contribution in [1.82, 2.24) is 9.97 Å². The van der Waals surface area contributed by atoms with Crippen molar-refractivity contribution < 1.29 is 17.5 Å². The fourth-order valence-corrected chi connectivity index (χ4v) is 2.82. The van der Waals surface area contributed by atoms with E-state index >= 15 is 0 Å². The summed E-state index contributed by atoms with van der Waals surface area (Å²) in [6.45, 7) is 0. The molecule has 0 saturated carbocycles. The molecule has 1 aromatic heterocycles. The molecule has 0 radical (unpaired) electrons. The second kappa shape index (κ2) is 7.75. The number of rotatable bonds is 6. The van der Waals surface area contributed by atoms with E-state index in [1.54, 1.807) is 18.2 Å². The monoisotopic (exact) mass is 371 g/mol. The quantitative estimate of drug-likeness (QED) is 0.712. The predicted molar refractivity (Wildman–Crippen MR) is 96.5 cm³/mol. The van der Waals surface area contributed by atoms with Crippen molar-refractivity contribution in [2.75, 3.05) is 4.72 Å². The number of benzene rings is 2. The normalized spacial score (nSPS) is 11.4. The lowest BCUT2D eigenvalue weighted by Gasteiger charge is -2.06. The van der Waals surface area contributed by atoms with Crippen molar-refractivity contribution in [3.05, 3.63) is 83.8 Å². The summed E-state index contributed by atoms with van der Waals surface area (Å²) in [5.74, 6) is -0.571. The highest BCUT2D eigenvalue weighted by Crippen LogP contribution is 2.21. The highest BCUT2D eigenvalue weighted by molar-refractivity contribution is 7.95. The number of aromatic nitrogens is 2. The molecule has 132 valence electrons. The third-order valence-electron chi connectivity index (χ3n) is 3.17. The van der Waals surface area contributed by atoms with E-state index in [9.17, 15) is 12.8 Å². The molecule has 0 fully saturated rings. The number of para-hydroxylation sites is 1. The summed E-state index contributed by atoms with van der Waals surface area (Å²) in [6, 6.07) is 14.7. The summed E-state index contributed by atoms with van der Waals surface area (Å²) < 4.78 is 45.2. The van der Waals surface area contributed by atoms with Gasteiger partial charge in [0.1, 0.15) is 0 Å². The minimum absolute atomic E-state index is 0.0216. The van der Waals surface area contributed by atoms with Gasteiger partial charge in [-0.3, -0.25) is 4.72 Å². The summed E-state index contributed by atoms with van der Waals surface area (Å²) >= 11 is 0. The summed E-state index contributed by atoms with van der Waals surface area (Å²) in [6.07, 6.45) is 3.94. The minimum atomic E-state index is -3.72. The van der Waals surface area contributed by atoms with Crippen molar-refractivity contribution >= 4 is 21.8 Å². The number of ether oxygens (including phenoxy) is 1. The Morgan fingerprint density at radius 2 is 1.62 bits per heavy atom. The van der Waals surface area contributed by atoms with Gasteiger partial charge in [0.05, 0.1) is 23.5 Å². The maximum Gasteiger partial charge on any atom is 0.322 e. The summed E-state index contributed by atoms with van der Waals surface area (Å²) in [7, 11) is -3.72. The molecule has 0 saturated heterocycles. The molecule has 0 spiro atoms. The molecule has 0 aliphatic heterocycles. The van der Waals surface area contributed by atoms with Crippen molar-refractivity contribution in [3.63, 3.8) is 0 Å². The van der Waals surface area contributed by atoms with Gasteiger partial charge in [0.25, 0.3) is 10.0 Å². The zero-order chi connectivity index (χ0) is 18.4. The van der Waals surface area contributed by atoms with Crippen molar-refractivity contribution in [2.45, 2.75) is 0 Å². The number of halogens is 1. The Labute approximate surface area is 150 Å². The number of anilines is 1. The van der Waals surface area contributed by atoms with Crippen LogP contribution in [-0.2, 0) is 10.0 Å². The van der Waals surface area contributed by atoms with Crippen LogP contribution < -0.4 is 9.46 Å². The molecule has 3 rings (SSSR count). The molecule has 0 aliphatic rings. The van der Waals surface area contributed by atoms with Crippen LogP contribution in [0.1, 0.15) is 5.56 Å². The van der Waals surface area contributed by atoms with Crippen molar-refractivity contribution in [2.24, 2.45) is 0 Å². The molecule has 1 N–H and O–H groups in total. The zero-order valence-corrected chi connectivity index (χ0v) is 14.2. The highest BCUT2D eigenvalue weighted by atomic mass is 32.2. The standard InChI is InChI=1S/C18H14FN3O3S/c19-16-8-4-5-9-17(16)25-18-20-12-15(13-21-18)22-26(23,24)11-10-14-6-2-1-3-7-14/h1-13,22H/b11-10+. The van der Waals surface area contributed by atoms with Crippen LogP contribution in [0.2, 0.25) is 0 Å². The van der Waals surface area contributed by atoms with E-state index < -0.39 is 15.8 Å². The summed E-state index contributed by atoms with van der Waals surface area (Å²) in [4.78, 5) is 7.73. The molecule has 0 amide bonds. The van der Waals surface area contributed by atoms with Crippen LogP contribution in [0.25, 0.3) is 6.08 Å². The Balaban J connectivity index is 1.67. The van der Waals surface area contributed by atoms with Gasteiger partial charge in [0.15, 0.2) is 11.6 Å². The molecule has 26 heavy (non-hydrogen) atoms. The van der Waals surface area contributed by atoms with Gasteiger partial charge >= 0.3 is 6.01 Å². The highest BCUT2D eigenvalue weighted by Gasteiger charge is 2.09. The lowest BCUT2D eigenvalue weighted by molar-refractivity contribution is 0.411. The predicted octanol–water partition coefficient (Wildman–Crippen LogP) is 3.82. The van der Waals surface area contributed by atoms with E-state index in [1.807, 2.05) is 18.2 Å². The number of hydrogen-bond acceptors (Lipinski definition) is 5. The first-order valence-electron chi connectivity index (χ1n) is 7.52. The van der Waals surface area contributed by atoms with Crippen LogP contribution in [0.5, 0.6) is 11.8 Å². The molecule has 6 nitrogen and oxygen atoms in total. The SMILES string of the molecule is O=S(=O)(/C=C/c1ccccc1)Nc1cnc(Oc2ccccc2F)nc1. The smallest absolute Gasteiger partial charge is 0.322 e. The van der Waals surface area contributed by atoms with Gasteiger partial charge in [-0.25, -0.2) is 22.8 Å². The number of nitrogens with zero attached hydrogens (tertiary/aromatic N) is 2. The minimum Gasteiger partial charge on any atom is -0.421 e. The van der Waals surface area contributed by atoms with Gasteiger partial charge in [0.2, 0.25) is 0 Å². The Kier molecular flexibility index (Phi) is 5.23. The molecule has 0 bridgehead atoms. The van der Waals surface area contributed by atoms with Crippen LogP contribution in [-0.4, -0.2) is 18.4 Å². The topological polar surface area (TPSA) is 81.2 Å². The van der Waals surface area contributed by atoms with Crippen LogP contribution >= 0.6 is 0 Å². The Morgan fingerprint density at radius 1 is 0.962 bits per heavy atom. The molecule has 0 unspecified atom stereocenters. The molecule has 8 heteroatoms. The first-order valence-corrected chi connectivity index (χ1v) is 9.07. The lowest BCUT2D eigenvalue weighted by Crippen LogP contribution is -2.09. The van der Waals surface area contributed by atoms with E-state index in [0.29, 0.717) is 0 Å². The van der Waals surface area contributed by atoms with Crippen LogP contribution in [0.3, 0.4) is 0 Å². The van der Waals surface area contributed by atoms with E-state index in [-0.39, 0.29) is 17.4 Å². The van der Waals surface area contributed by atoms with E-state index in [2.05, 4.69) is 14.7 Å². The van der Waals surface area contributed by atoms with Gasteiger partial charge in [-0.1, -0.05) is 42.5 Å². The number of hydrogen-bond donors (Lipinski definition) is 1. The largest absolute Gasteiger partial charge is 0.421 e. The first-order chi connectivity index (χ1) is 12.5. The molecular weight excluding hydrogens is 357 g/mol. The van der Waals surface area contributed by atoms with Gasteiger partial charge in [-0.2, -0.15) is 0 Å². The van der Waals surface area contributed by atoms with Crippen LogP contribution in [0.4, 0.5) is 10.1 Å². The molecule has 0 aliphatic carbocycles. The first kappa shape index (κ1) is 17.6. The fraction of sp³-hybridized carbons (Fsp3) is 0. The van der Waals surface area contributed by atoms with Gasteiger partial charge < -0.3 is 4.74 Å². The summed E-state index contributed by atoms with van der Waals surface area (Å²) in [5, 5.41) is 1.05. The van der Waals surface area contributed by atoms with Gasteiger partial charge in [0, 0.05) is 0 Å². The Hall–Kier alpha value is -3.26. The third-order valence-corrected chi connectivity index (χ3v) is 4.18. The number of nitrogens with one attached hydrogen (secondary N) is 1. The van der Waals surface area contributed by atoms with Gasteiger partial charge in [-0.05, 0) is 23.8 Å². The Morgan fingerprint density at radius 3 is 2.31 bits per heavy atom. The maximum atomic E-state index is 13.5. The molecule has 1 heterocycles. The van der Waals surface area contributed by atoms with Crippen LogP contribution in [0.15, 0.2) is 72.4 Å². The lowest BCUT2D eigenvalue weighted by atomic mass is 10.2. The molecule has 3 aromatic rings. The zero-order valence-electron chi connectivity index (χ0n) is 13.4. The molecular formula is C18H14FN3O3S. The number of sulfonamides is 1. The van der Waals surface area contributed by atoms with Crippen molar-refractivity contribution in [1.29, 1.82) is 0 Å². The third kappa shape index (κ3) is 4.87. The Bertz CT molecular complexity index is 1010. The summed E-state index contributed by atoms with van der Waals surface area (Å²) in [5.41, 5.74) is 0.909. The van der Waals surface area contributed by atoms with E-state index in [0.717, 1.165) is 11.0 Å². The van der Waals surface area contributed by atoms with Gasteiger partial charge in [-0.15, -0.1) is 0 Å². The molecule has 2 aromatic carbocycles. The van der Waals surface area contributed by atoms with E-state index in [1.165, 1.54) is 36.7 Å². The second-order valence-electron chi connectivity index (χ2n) is 5.15. The average Bonchev–Trinajstić information content (AvgIpc) is 2.64. The fourth-order valence-electron chi connectivity index (χ4n) is 1.98.